The van der Waals surface area contributed by atoms with E-state index in [9.17, 15) is 0 Å². The summed E-state index contributed by atoms with van der Waals surface area (Å²) in [6.07, 6.45) is 36.1. The summed E-state index contributed by atoms with van der Waals surface area (Å²) in [5.74, 6) is 0. The number of nitrogens with zero attached hydrogens (tertiary/aromatic N) is 2. The van der Waals surface area contributed by atoms with Crippen LogP contribution in [-0.4, -0.2) is 120 Å². The van der Waals surface area contributed by atoms with Gasteiger partial charge >= 0.3 is 17.6 Å². The lowest BCUT2D eigenvalue weighted by molar-refractivity contribution is -0.910. The Balaban J connectivity index is -0.000000577. The minimum atomic E-state index is -2.58. The number of rotatable bonds is 49. The average Bonchev–Trinajstić information content (AvgIpc) is 3.27. The molecular formula is C53H118Cl2N2O6Si2. The molecule has 0 saturated carbocycles. The van der Waals surface area contributed by atoms with Crippen LogP contribution in [0.2, 0.25) is 12.1 Å². The highest BCUT2D eigenvalue weighted by atomic mass is 35.5. The molecule has 0 aromatic rings. The lowest BCUT2D eigenvalue weighted by Crippen LogP contribution is -3.00. The molecule has 0 spiro atoms. The van der Waals surface area contributed by atoms with Gasteiger partial charge in [-0.15, -0.1) is 0 Å². The number of hydrogen-bond acceptors (Lipinski definition) is 6. The van der Waals surface area contributed by atoms with E-state index in [1.165, 1.54) is 166 Å². The van der Waals surface area contributed by atoms with E-state index in [-0.39, 0.29) is 24.8 Å². The molecule has 0 amide bonds. The summed E-state index contributed by atoms with van der Waals surface area (Å²) < 4.78 is 40.1. The van der Waals surface area contributed by atoms with Crippen LogP contribution in [0, 0.1) is 0 Å². The molecule has 0 fully saturated rings. The molecule has 0 N–H and O–H groups in total. The fourth-order valence-corrected chi connectivity index (χ4v) is 13.9. The zero-order chi connectivity index (χ0) is 47.2. The molecule has 0 aliphatic heterocycles. The lowest BCUT2D eigenvalue weighted by atomic mass is 10.1. The second-order valence-corrected chi connectivity index (χ2v) is 25.3. The van der Waals surface area contributed by atoms with E-state index in [0.29, 0.717) is 0 Å². The Labute approximate surface area is 423 Å². The molecule has 398 valence electrons. The Bertz CT molecular complexity index is 868. The molecule has 0 atom stereocenters. The quantitative estimate of drug-likeness (QED) is 0.0344. The fraction of sp³-hybridized carbons (Fsp3) is 1.00. The predicted molar refractivity (Wildman–Crippen MR) is 280 cm³/mol. The van der Waals surface area contributed by atoms with Crippen molar-refractivity contribution in [2.75, 3.05) is 93.5 Å². The molecule has 12 heteroatoms. The molecule has 65 heavy (non-hydrogen) atoms. The smallest absolute Gasteiger partial charge is 0.501 e. The summed E-state index contributed by atoms with van der Waals surface area (Å²) in [5, 5.41) is 0. The summed E-state index contributed by atoms with van der Waals surface area (Å²) in [5.41, 5.74) is 0. The van der Waals surface area contributed by atoms with Crippen molar-refractivity contribution in [1.82, 2.24) is 0 Å². The molecule has 0 radical (unpaired) electrons. The van der Waals surface area contributed by atoms with Crippen molar-refractivity contribution >= 4 is 17.6 Å². The molecule has 0 bridgehead atoms. The first-order valence-corrected chi connectivity index (χ1v) is 31.8. The maximum atomic E-state index is 6.38. The number of halogens is 2. The zero-order valence-corrected chi connectivity index (χ0v) is 49.6. The molecule has 8 nitrogen and oxygen atoms in total. The molecule has 0 saturated heterocycles. The van der Waals surface area contributed by atoms with Crippen LogP contribution in [0.4, 0.5) is 0 Å². The van der Waals surface area contributed by atoms with Gasteiger partial charge in [0.05, 0.1) is 53.9 Å². The second-order valence-electron chi connectivity index (χ2n) is 19.8. The largest absolute Gasteiger partial charge is 1.00 e. The van der Waals surface area contributed by atoms with Crippen molar-refractivity contribution in [3.05, 3.63) is 0 Å². The van der Waals surface area contributed by atoms with Gasteiger partial charge in [-0.1, -0.05) is 152 Å². The molecule has 0 unspecified atom stereocenters. The van der Waals surface area contributed by atoms with E-state index < -0.39 is 17.6 Å². The minimum Gasteiger partial charge on any atom is -1.00 e. The first-order valence-electron chi connectivity index (χ1n) is 28.0. The molecule has 0 aromatic heterocycles. The van der Waals surface area contributed by atoms with Crippen molar-refractivity contribution in [3.63, 3.8) is 0 Å². The number of quaternary nitrogens is 2. The standard InChI is InChI=1S/C31H68NO3Si.C22H50NO3Si.2ClH/c1-7-12-14-16-18-20-22-25-32(6,26-23-21-19-17-15-13-8-2)27-24-31-36(33-28-9-3,34-29-10-4)35-30-11-5;1-7-11-12-13-14-15-17-23(5,6)18-16-22-27(24-19-8-2,25-20-9-3)26-21-10-4;;/h7-31H2,1-6H3;7-22H2,1-6H3;2*1H/q2*+1;;/p-2. The lowest BCUT2D eigenvalue weighted by Gasteiger charge is -2.36. The van der Waals surface area contributed by atoms with E-state index in [1.807, 2.05) is 0 Å². The third-order valence-corrected chi connectivity index (χ3v) is 18.1. The van der Waals surface area contributed by atoms with Crippen LogP contribution in [0.15, 0.2) is 0 Å². The maximum Gasteiger partial charge on any atom is 0.501 e. The van der Waals surface area contributed by atoms with Crippen LogP contribution < -0.4 is 24.8 Å². The second kappa shape index (κ2) is 51.1. The van der Waals surface area contributed by atoms with Gasteiger partial charge in [-0.2, -0.15) is 0 Å². The Kier molecular flexibility index (Phi) is 56.7. The van der Waals surface area contributed by atoms with Gasteiger partial charge in [0.2, 0.25) is 0 Å². The molecule has 0 aliphatic carbocycles. The molecule has 0 aliphatic rings. The van der Waals surface area contributed by atoms with Crippen molar-refractivity contribution < 1.29 is 60.3 Å². The number of hydrogen-bond donors (Lipinski definition) is 0. The monoisotopic (exact) mass is 1000 g/mol. The van der Waals surface area contributed by atoms with Crippen LogP contribution in [-0.2, 0) is 26.6 Å². The van der Waals surface area contributed by atoms with Crippen LogP contribution in [0.1, 0.15) is 242 Å². The summed E-state index contributed by atoms with van der Waals surface area (Å²) in [7, 11) is 2.14. The normalized spacial score (nSPS) is 12.2. The molecule has 0 rings (SSSR count). The highest BCUT2D eigenvalue weighted by molar-refractivity contribution is 6.61. The first kappa shape index (κ1) is 72.2. The van der Waals surface area contributed by atoms with Gasteiger partial charge in [0, 0.05) is 64.6 Å². The number of unbranched alkanes of at least 4 members (excludes halogenated alkanes) is 17. The van der Waals surface area contributed by atoms with Gasteiger partial charge in [-0.05, 0) is 77.0 Å². The Morgan fingerprint density at radius 1 is 0.262 bits per heavy atom. The van der Waals surface area contributed by atoms with E-state index >= 15 is 0 Å². The van der Waals surface area contributed by atoms with E-state index in [0.717, 1.165) is 108 Å². The highest BCUT2D eigenvalue weighted by Crippen LogP contribution is 2.24. The van der Waals surface area contributed by atoms with E-state index in [1.54, 1.807) is 0 Å². The topological polar surface area (TPSA) is 55.4 Å². The van der Waals surface area contributed by atoms with Crippen LogP contribution >= 0.6 is 0 Å². The van der Waals surface area contributed by atoms with E-state index in [4.69, 9.17) is 26.6 Å². The third kappa shape index (κ3) is 44.4. The SMILES string of the molecule is CCCCCCCCC[N+](C)(CCCCCCCCC)CCC[Si](OCCC)(OCCC)OCCC.CCCCCCCC[N+](C)(C)CCC[Si](OCCC)(OCCC)OCCC.[Cl-].[Cl-]. The molecule has 0 heterocycles. The van der Waals surface area contributed by atoms with Crippen molar-refractivity contribution in [3.8, 4) is 0 Å². The summed E-state index contributed by atoms with van der Waals surface area (Å²) >= 11 is 0. The average molecular weight is 1010 g/mol. The predicted octanol–water partition coefficient (Wildman–Crippen LogP) is 9.58. The van der Waals surface area contributed by atoms with Gasteiger partial charge in [0.15, 0.2) is 0 Å². The van der Waals surface area contributed by atoms with Crippen molar-refractivity contribution in [1.29, 1.82) is 0 Å². The van der Waals surface area contributed by atoms with Gasteiger partial charge in [-0.3, -0.25) is 0 Å². The van der Waals surface area contributed by atoms with Crippen LogP contribution in [0.25, 0.3) is 0 Å². The van der Waals surface area contributed by atoms with Gasteiger partial charge in [0.1, 0.15) is 0 Å². The van der Waals surface area contributed by atoms with Crippen molar-refractivity contribution in [2.45, 2.75) is 254 Å². The first-order chi connectivity index (χ1) is 30.5. The minimum absolute atomic E-state index is 0. The van der Waals surface area contributed by atoms with Gasteiger partial charge in [-0.25, -0.2) is 0 Å². The summed E-state index contributed by atoms with van der Waals surface area (Å²) in [6, 6.07) is 1.92. The van der Waals surface area contributed by atoms with E-state index in [2.05, 4.69) is 83.5 Å². The summed E-state index contributed by atoms with van der Waals surface area (Å²) in [4.78, 5) is 0. The Hall–Kier alpha value is 0.694. The Morgan fingerprint density at radius 3 is 0.754 bits per heavy atom. The van der Waals surface area contributed by atoms with Crippen molar-refractivity contribution in [2.24, 2.45) is 0 Å². The fourth-order valence-electron chi connectivity index (χ4n) is 8.30. The highest BCUT2D eigenvalue weighted by Gasteiger charge is 2.42. The van der Waals surface area contributed by atoms with Gasteiger partial charge in [0.25, 0.3) is 0 Å². The van der Waals surface area contributed by atoms with Gasteiger partial charge < -0.3 is 60.3 Å². The molecular weight excluding hydrogens is 888 g/mol. The summed E-state index contributed by atoms with van der Waals surface area (Å²) in [6.45, 7) is 30.7. The maximum absolute atomic E-state index is 6.38. The third-order valence-electron chi connectivity index (χ3n) is 12.3. The molecule has 0 aromatic carbocycles. The van der Waals surface area contributed by atoms with Crippen LogP contribution in [0.5, 0.6) is 0 Å². The van der Waals surface area contributed by atoms with Crippen LogP contribution in [0.3, 0.4) is 0 Å². The zero-order valence-electron chi connectivity index (χ0n) is 46.1. The Morgan fingerprint density at radius 2 is 0.477 bits per heavy atom.